The van der Waals surface area contributed by atoms with Crippen LogP contribution >= 0.6 is 11.6 Å². The molecule has 0 saturated heterocycles. The van der Waals surface area contributed by atoms with E-state index >= 15 is 0 Å². The van der Waals surface area contributed by atoms with Crippen LogP contribution in [-0.4, -0.2) is 24.8 Å². The van der Waals surface area contributed by atoms with Gasteiger partial charge in [0, 0.05) is 24.0 Å². The van der Waals surface area contributed by atoms with E-state index in [2.05, 4.69) is 4.98 Å². The molecule has 0 atom stereocenters. The first kappa shape index (κ1) is 15.8. The van der Waals surface area contributed by atoms with Gasteiger partial charge < -0.3 is 5.73 Å². The van der Waals surface area contributed by atoms with Crippen LogP contribution in [0.4, 0.5) is 5.69 Å². The highest BCUT2D eigenvalue weighted by Crippen LogP contribution is 2.27. The van der Waals surface area contributed by atoms with E-state index in [0.29, 0.717) is 22.0 Å². The van der Waals surface area contributed by atoms with Crippen molar-refractivity contribution in [1.82, 2.24) is 9.29 Å². The van der Waals surface area contributed by atoms with Gasteiger partial charge in [-0.25, -0.2) is 8.42 Å². The molecular weight excluding hydrogens is 310 g/mol. The number of benzene rings is 1. The molecule has 1 aromatic carbocycles. The van der Waals surface area contributed by atoms with Crippen LogP contribution in [0, 0.1) is 6.92 Å². The summed E-state index contributed by atoms with van der Waals surface area (Å²) in [7, 11) is -2.18. The number of nitrogens with zero attached hydrogens (tertiary/aromatic N) is 2. The van der Waals surface area contributed by atoms with Crippen molar-refractivity contribution < 1.29 is 8.42 Å². The molecule has 2 N–H and O–H groups in total. The number of nitrogens with two attached hydrogens (primary N) is 1. The molecular formula is C14H16ClN3O2S. The second-order valence-electron chi connectivity index (χ2n) is 4.70. The van der Waals surface area contributed by atoms with Crippen LogP contribution in [0.1, 0.15) is 11.3 Å². The lowest BCUT2D eigenvalue weighted by molar-refractivity contribution is 0.462. The van der Waals surface area contributed by atoms with Crippen LogP contribution in [0.5, 0.6) is 0 Å². The molecule has 0 unspecified atom stereocenters. The minimum Gasteiger partial charge on any atom is -0.398 e. The molecule has 0 saturated carbocycles. The molecule has 112 valence electrons. The summed E-state index contributed by atoms with van der Waals surface area (Å²) in [6.07, 6.45) is 1.62. The average molecular weight is 326 g/mol. The van der Waals surface area contributed by atoms with E-state index < -0.39 is 10.0 Å². The Labute approximate surface area is 129 Å². The van der Waals surface area contributed by atoms with Gasteiger partial charge in [-0.3, -0.25) is 4.98 Å². The molecule has 2 aromatic rings. The Balaban J connectivity index is 2.33. The van der Waals surface area contributed by atoms with Crippen LogP contribution in [-0.2, 0) is 16.6 Å². The molecule has 0 aliphatic heterocycles. The van der Waals surface area contributed by atoms with Crippen molar-refractivity contribution in [3.05, 3.63) is 52.8 Å². The third-order valence-electron chi connectivity index (χ3n) is 3.18. The summed E-state index contributed by atoms with van der Waals surface area (Å²) >= 11 is 6.01. The summed E-state index contributed by atoms with van der Waals surface area (Å²) in [5.74, 6) is 0. The molecule has 0 radical (unpaired) electrons. The van der Waals surface area contributed by atoms with E-state index in [1.807, 2.05) is 6.07 Å². The predicted octanol–water partition coefficient (Wildman–Crippen LogP) is 2.45. The van der Waals surface area contributed by atoms with Gasteiger partial charge in [-0.1, -0.05) is 17.7 Å². The van der Waals surface area contributed by atoms with Crippen molar-refractivity contribution in [3.63, 3.8) is 0 Å². The zero-order chi connectivity index (χ0) is 15.6. The topological polar surface area (TPSA) is 76.3 Å². The zero-order valence-electron chi connectivity index (χ0n) is 11.7. The molecule has 0 amide bonds. The zero-order valence-corrected chi connectivity index (χ0v) is 13.3. The Bertz CT molecular complexity index is 725. The molecule has 1 heterocycles. The predicted molar refractivity (Wildman–Crippen MR) is 83.5 cm³/mol. The van der Waals surface area contributed by atoms with Crippen molar-refractivity contribution >= 4 is 27.3 Å². The molecule has 5 nitrogen and oxygen atoms in total. The van der Waals surface area contributed by atoms with Gasteiger partial charge in [0.15, 0.2) is 0 Å². The van der Waals surface area contributed by atoms with Crippen molar-refractivity contribution in [2.75, 3.05) is 12.8 Å². The molecule has 2 rings (SSSR count). The van der Waals surface area contributed by atoms with Crippen LogP contribution in [0.2, 0.25) is 5.02 Å². The fourth-order valence-electron chi connectivity index (χ4n) is 1.81. The Hall–Kier alpha value is -1.63. The maximum absolute atomic E-state index is 12.5. The molecule has 0 aliphatic carbocycles. The minimum absolute atomic E-state index is 0.0778. The fourth-order valence-corrected chi connectivity index (χ4v) is 3.30. The molecule has 0 bridgehead atoms. The largest absolute Gasteiger partial charge is 0.398 e. The van der Waals surface area contributed by atoms with Crippen LogP contribution in [0.15, 0.2) is 41.4 Å². The van der Waals surface area contributed by atoms with E-state index in [-0.39, 0.29) is 11.4 Å². The normalized spacial score (nSPS) is 11.8. The van der Waals surface area contributed by atoms with Gasteiger partial charge in [0.05, 0.1) is 17.1 Å². The van der Waals surface area contributed by atoms with Crippen molar-refractivity contribution in [2.24, 2.45) is 0 Å². The first-order valence-corrected chi connectivity index (χ1v) is 8.06. The van der Waals surface area contributed by atoms with Crippen molar-refractivity contribution in [2.45, 2.75) is 18.4 Å². The van der Waals surface area contributed by atoms with Gasteiger partial charge in [-0.2, -0.15) is 4.31 Å². The summed E-state index contributed by atoms with van der Waals surface area (Å²) in [5, 5.41) is 0.333. The maximum atomic E-state index is 12.5. The molecule has 21 heavy (non-hydrogen) atoms. The quantitative estimate of drug-likeness (QED) is 0.876. The van der Waals surface area contributed by atoms with E-state index in [9.17, 15) is 8.42 Å². The standard InChI is InChI=1S/C14H16ClN3O2S/c1-10-13(15)7-12(8-14(10)16)21(19,20)18(2)9-11-5-3-4-6-17-11/h3-8H,9,16H2,1-2H3. The summed E-state index contributed by atoms with van der Waals surface area (Å²) in [6, 6.07) is 8.19. The highest BCUT2D eigenvalue weighted by Gasteiger charge is 2.22. The first-order valence-electron chi connectivity index (χ1n) is 6.24. The van der Waals surface area contributed by atoms with Crippen molar-refractivity contribution in [3.8, 4) is 0 Å². The van der Waals surface area contributed by atoms with Crippen LogP contribution in [0.25, 0.3) is 0 Å². The third-order valence-corrected chi connectivity index (χ3v) is 5.35. The molecule has 1 aromatic heterocycles. The molecule has 0 fully saturated rings. The van der Waals surface area contributed by atoms with Gasteiger partial charge in [0.25, 0.3) is 0 Å². The van der Waals surface area contributed by atoms with E-state index in [1.165, 1.54) is 23.5 Å². The van der Waals surface area contributed by atoms with Crippen LogP contribution in [0.3, 0.4) is 0 Å². The summed E-state index contributed by atoms with van der Waals surface area (Å²) in [4.78, 5) is 4.20. The Morgan fingerprint density at radius 3 is 2.62 bits per heavy atom. The van der Waals surface area contributed by atoms with Crippen LogP contribution < -0.4 is 5.73 Å². The lowest BCUT2D eigenvalue weighted by Gasteiger charge is -2.18. The fraction of sp³-hybridized carbons (Fsp3) is 0.214. The second-order valence-corrected chi connectivity index (χ2v) is 7.15. The number of nitrogen functional groups attached to an aromatic ring is 1. The second kappa shape index (κ2) is 6.01. The summed E-state index contributed by atoms with van der Waals surface area (Å²) < 4.78 is 26.3. The molecule has 0 aliphatic rings. The monoisotopic (exact) mass is 325 g/mol. The third kappa shape index (κ3) is 3.34. The lowest BCUT2D eigenvalue weighted by atomic mass is 10.2. The van der Waals surface area contributed by atoms with Gasteiger partial charge in [0.1, 0.15) is 0 Å². The number of sulfonamides is 1. The SMILES string of the molecule is Cc1c(N)cc(S(=O)(=O)N(C)Cc2ccccn2)cc1Cl. The van der Waals surface area contributed by atoms with E-state index in [1.54, 1.807) is 25.3 Å². The average Bonchev–Trinajstić information content (AvgIpc) is 2.45. The van der Waals surface area contributed by atoms with Gasteiger partial charge in [0.2, 0.25) is 10.0 Å². The van der Waals surface area contributed by atoms with Crippen molar-refractivity contribution in [1.29, 1.82) is 0 Å². The summed E-state index contributed by atoms with van der Waals surface area (Å²) in [5.41, 5.74) is 7.48. The number of pyridine rings is 1. The lowest BCUT2D eigenvalue weighted by Crippen LogP contribution is -2.27. The number of halogens is 1. The highest BCUT2D eigenvalue weighted by molar-refractivity contribution is 7.89. The Morgan fingerprint density at radius 2 is 2.05 bits per heavy atom. The number of anilines is 1. The highest BCUT2D eigenvalue weighted by atomic mass is 35.5. The smallest absolute Gasteiger partial charge is 0.243 e. The Kier molecular flexibility index (Phi) is 4.51. The van der Waals surface area contributed by atoms with E-state index in [0.717, 1.165) is 0 Å². The van der Waals surface area contributed by atoms with Gasteiger partial charge >= 0.3 is 0 Å². The molecule has 0 spiro atoms. The van der Waals surface area contributed by atoms with E-state index in [4.69, 9.17) is 17.3 Å². The number of rotatable bonds is 4. The number of hydrogen-bond acceptors (Lipinski definition) is 4. The molecule has 7 heteroatoms. The number of aromatic nitrogens is 1. The first-order chi connectivity index (χ1) is 9.82. The number of hydrogen-bond donors (Lipinski definition) is 1. The van der Waals surface area contributed by atoms with Gasteiger partial charge in [-0.15, -0.1) is 0 Å². The summed E-state index contributed by atoms with van der Waals surface area (Å²) in [6.45, 7) is 1.92. The minimum atomic E-state index is -3.67. The Morgan fingerprint density at radius 1 is 1.33 bits per heavy atom. The maximum Gasteiger partial charge on any atom is 0.243 e. The van der Waals surface area contributed by atoms with Gasteiger partial charge in [-0.05, 0) is 36.8 Å².